The highest BCUT2D eigenvalue weighted by Gasteiger charge is 2.11. The number of nitrogens with zero attached hydrogens (tertiary/aromatic N) is 1. The van der Waals surface area contributed by atoms with Gasteiger partial charge >= 0.3 is 0 Å². The Hall–Kier alpha value is -0.640. The number of hydroxylamine groups is 4. The van der Waals surface area contributed by atoms with Crippen molar-refractivity contribution >= 4 is 0 Å². The van der Waals surface area contributed by atoms with Crippen LogP contribution >= 0.6 is 0 Å². The van der Waals surface area contributed by atoms with Crippen molar-refractivity contribution in [3.05, 3.63) is 29.6 Å². The van der Waals surface area contributed by atoms with Crippen LogP contribution in [0.15, 0.2) is 24.4 Å². The molecule has 1 atom stereocenters. The Labute approximate surface area is 54.0 Å². The van der Waals surface area contributed by atoms with Gasteiger partial charge in [-0.3, -0.25) is 0 Å². The van der Waals surface area contributed by atoms with E-state index in [4.69, 9.17) is 0 Å². The second kappa shape index (κ2) is 2.31. The van der Waals surface area contributed by atoms with Crippen LogP contribution in [-0.2, 0) is 4.84 Å². The van der Waals surface area contributed by atoms with Crippen molar-refractivity contribution in [1.82, 2.24) is 0 Å². The van der Waals surface area contributed by atoms with E-state index in [1.165, 1.54) is 13.3 Å². The van der Waals surface area contributed by atoms with Crippen molar-refractivity contribution in [3.63, 3.8) is 0 Å². The minimum atomic E-state index is -0.698. The molecule has 1 unspecified atom stereocenters. The highest BCUT2D eigenvalue weighted by molar-refractivity contribution is 5.03. The molecule has 3 nitrogen and oxygen atoms in total. The maximum atomic E-state index is 11.1. The smallest absolute Gasteiger partial charge is 0.132 e. The summed E-state index contributed by atoms with van der Waals surface area (Å²) in [7, 11) is 1.40. The third kappa shape index (κ3) is 1.38. The molecule has 1 heterocycles. The molecular formula is C6H9NO2. The van der Waals surface area contributed by atoms with Crippen molar-refractivity contribution < 1.29 is 9.65 Å². The molecule has 0 aromatic heterocycles. The maximum absolute atomic E-state index is 11.1. The Bertz CT molecular complexity index is 153. The summed E-state index contributed by atoms with van der Waals surface area (Å²) >= 11 is 0. The van der Waals surface area contributed by atoms with Gasteiger partial charge in [0, 0.05) is 0 Å². The number of rotatable bonds is 1. The van der Waals surface area contributed by atoms with E-state index in [0.29, 0.717) is 6.54 Å². The summed E-state index contributed by atoms with van der Waals surface area (Å²) in [5.41, 5.74) is 0. The van der Waals surface area contributed by atoms with Crippen LogP contribution in [-0.4, -0.2) is 18.5 Å². The number of hydrogen-bond donors (Lipinski definition) is 0. The second-order valence-corrected chi connectivity index (χ2v) is 1.86. The zero-order valence-electron chi connectivity index (χ0n) is 5.28. The third-order valence-electron chi connectivity index (χ3n) is 1.23. The van der Waals surface area contributed by atoms with Crippen LogP contribution in [0.25, 0.3) is 0 Å². The van der Waals surface area contributed by atoms with Crippen molar-refractivity contribution in [3.8, 4) is 0 Å². The Balaban J connectivity index is 2.63. The lowest BCUT2D eigenvalue weighted by Crippen LogP contribution is -2.35. The van der Waals surface area contributed by atoms with Gasteiger partial charge in [-0.05, 0) is 12.2 Å². The first-order valence-corrected chi connectivity index (χ1v) is 2.76. The summed E-state index contributed by atoms with van der Waals surface area (Å²) in [4.78, 5) is 3.92. The van der Waals surface area contributed by atoms with E-state index in [0.717, 1.165) is 0 Å². The fourth-order valence-electron chi connectivity index (χ4n) is 0.663. The third-order valence-corrected chi connectivity index (χ3v) is 1.23. The standard InChI is InChI=1S/C6H9NO2/c1-9-7(8)5-3-2-4-6-7/h2-5H,6H2,1H3. The minimum Gasteiger partial charge on any atom is -0.593 e. The fourth-order valence-corrected chi connectivity index (χ4v) is 0.663. The lowest BCUT2D eigenvalue weighted by Gasteiger charge is -2.33. The monoisotopic (exact) mass is 127 g/mol. The summed E-state index contributed by atoms with van der Waals surface area (Å²) in [5, 5.41) is 11.1. The minimum absolute atomic E-state index is 0.368. The van der Waals surface area contributed by atoms with E-state index < -0.39 is 4.81 Å². The number of allylic oxidation sites excluding steroid dienone is 2. The van der Waals surface area contributed by atoms with Gasteiger partial charge in [0.25, 0.3) is 0 Å². The lowest BCUT2D eigenvalue weighted by molar-refractivity contribution is -1.02. The SMILES string of the molecule is CO[N+]1([O-])C=CC=CC1. The molecule has 1 aliphatic rings. The van der Waals surface area contributed by atoms with Crippen LogP contribution in [0.4, 0.5) is 0 Å². The molecule has 1 aliphatic heterocycles. The van der Waals surface area contributed by atoms with E-state index in [-0.39, 0.29) is 0 Å². The van der Waals surface area contributed by atoms with Crippen LogP contribution in [0.3, 0.4) is 0 Å². The molecule has 0 aromatic rings. The van der Waals surface area contributed by atoms with Crippen molar-refractivity contribution in [2.75, 3.05) is 13.7 Å². The molecule has 0 fully saturated rings. The molecule has 0 bridgehead atoms. The Morgan fingerprint density at radius 2 is 2.33 bits per heavy atom. The van der Waals surface area contributed by atoms with Crippen LogP contribution in [0.5, 0.6) is 0 Å². The van der Waals surface area contributed by atoms with E-state index >= 15 is 0 Å². The normalized spacial score (nSPS) is 33.1. The second-order valence-electron chi connectivity index (χ2n) is 1.86. The molecule has 0 N–H and O–H groups in total. The average Bonchev–Trinajstić information content (AvgIpc) is 1.90. The van der Waals surface area contributed by atoms with Crippen molar-refractivity contribution in [1.29, 1.82) is 0 Å². The summed E-state index contributed by atoms with van der Waals surface area (Å²) in [6, 6.07) is 0. The Morgan fingerprint density at radius 1 is 1.56 bits per heavy atom. The largest absolute Gasteiger partial charge is 0.593 e. The molecule has 3 heteroatoms. The first-order valence-electron chi connectivity index (χ1n) is 2.76. The van der Waals surface area contributed by atoms with Crippen LogP contribution < -0.4 is 0 Å². The zero-order valence-corrected chi connectivity index (χ0v) is 5.28. The first kappa shape index (κ1) is 6.48. The Kier molecular flexibility index (Phi) is 1.66. The predicted molar refractivity (Wildman–Crippen MR) is 33.8 cm³/mol. The highest BCUT2D eigenvalue weighted by Crippen LogP contribution is 2.09. The topological polar surface area (TPSA) is 32.3 Å². The fraction of sp³-hybridized carbons (Fsp3) is 0.333. The van der Waals surface area contributed by atoms with Crippen molar-refractivity contribution in [2.45, 2.75) is 0 Å². The van der Waals surface area contributed by atoms with Crippen LogP contribution in [0.2, 0.25) is 0 Å². The highest BCUT2D eigenvalue weighted by atomic mass is 16.9. The van der Waals surface area contributed by atoms with Gasteiger partial charge in [0.05, 0.1) is 7.11 Å². The van der Waals surface area contributed by atoms with Gasteiger partial charge in [-0.25, -0.2) is 4.84 Å². The maximum Gasteiger partial charge on any atom is 0.132 e. The van der Waals surface area contributed by atoms with Gasteiger partial charge in [-0.2, -0.15) is 4.81 Å². The van der Waals surface area contributed by atoms with Gasteiger partial charge < -0.3 is 5.21 Å². The summed E-state index contributed by atoms with van der Waals surface area (Å²) < 4.78 is 0. The molecule has 0 saturated heterocycles. The van der Waals surface area contributed by atoms with E-state index in [2.05, 4.69) is 4.84 Å². The molecule has 0 saturated carbocycles. The number of hydrogen-bond acceptors (Lipinski definition) is 2. The van der Waals surface area contributed by atoms with Crippen molar-refractivity contribution in [2.24, 2.45) is 0 Å². The van der Waals surface area contributed by atoms with E-state index in [1.54, 1.807) is 12.2 Å². The van der Waals surface area contributed by atoms with Gasteiger partial charge in [-0.1, -0.05) is 6.08 Å². The molecule has 0 spiro atoms. The van der Waals surface area contributed by atoms with Gasteiger partial charge in [0.1, 0.15) is 12.7 Å². The molecule has 50 valence electrons. The van der Waals surface area contributed by atoms with Crippen LogP contribution in [0.1, 0.15) is 0 Å². The summed E-state index contributed by atoms with van der Waals surface area (Å²) in [6.07, 6.45) is 6.74. The lowest BCUT2D eigenvalue weighted by atomic mass is 10.4. The average molecular weight is 127 g/mol. The molecular weight excluding hydrogens is 118 g/mol. The van der Waals surface area contributed by atoms with Gasteiger partial charge in [0.15, 0.2) is 0 Å². The van der Waals surface area contributed by atoms with Gasteiger partial charge in [-0.15, -0.1) is 0 Å². The summed E-state index contributed by atoms with van der Waals surface area (Å²) in [5.74, 6) is 0. The zero-order chi connectivity index (χ0) is 6.74. The predicted octanol–water partition coefficient (Wildman–Crippen LogP) is 0.946. The first-order chi connectivity index (χ1) is 4.27. The molecule has 1 rings (SSSR count). The quantitative estimate of drug-likeness (QED) is 0.388. The van der Waals surface area contributed by atoms with E-state index in [1.807, 2.05) is 6.08 Å². The molecule has 9 heavy (non-hydrogen) atoms. The molecule has 0 aromatic carbocycles. The molecule has 0 amide bonds. The Morgan fingerprint density at radius 3 is 2.67 bits per heavy atom. The molecule has 0 aliphatic carbocycles. The molecule has 0 radical (unpaired) electrons. The van der Waals surface area contributed by atoms with Gasteiger partial charge in [0.2, 0.25) is 0 Å². The summed E-state index contributed by atoms with van der Waals surface area (Å²) in [6.45, 7) is 0.368. The van der Waals surface area contributed by atoms with E-state index in [9.17, 15) is 5.21 Å². The number of quaternary nitrogens is 1. The van der Waals surface area contributed by atoms with Crippen LogP contribution in [0, 0.1) is 5.21 Å².